The Kier molecular flexibility index (Phi) is 3.66. The summed E-state index contributed by atoms with van der Waals surface area (Å²) in [6.07, 6.45) is 0. The van der Waals surface area contributed by atoms with Gasteiger partial charge in [-0.25, -0.2) is 0 Å². The second-order valence-electron chi connectivity index (χ2n) is 3.92. The molecule has 84 valence electrons. The van der Waals surface area contributed by atoms with Gasteiger partial charge in [-0.15, -0.1) is 11.3 Å². The molecular formula is C13H14BrNS. The van der Waals surface area contributed by atoms with Gasteiger partial charge in [0.2, 0.25) is 0 Å². The summed E-state index contributed by atoms with van der Waals surface area (Å²) in [5, 5.41) is 5.55. The van der Waals surface area contributed by atoms with Crippen LogP contribution < -0.4 is 5.32 Å². The molecule has 2 rings (SSSR count). The number of nitrogens with one attached hydrogen (secondary N) is 1. The van der Waals surface area contributed by atoms with E-state index in [1.165, 1.54) is 26.2 Å². The summed E-state index contributed by atoms with van der Waals surface area (Å²) in [6, 6.07) is 8.62. The fourth-order valence-corrected chi connectivity index (χ4v) is 3.14. The molecule has 3 heteroatoms. The van der Waals surface area contributed by atoms with Crippen LogP contribution in [0.4, 0.5) is 5.69 Å². The summed E-state index contributed by atoms with van der Waals surface area (Å²) in [5.41, 5.74) is 3.79. The molecule has 0 spiro atoms. The van der Waals surface area contributed by atoms with E-state index in [0.717, 1.165) is 6.54 Å². The van der Waals surface area contributed by atoms with E-state index in [-0.39, 0.29) is 0 Å². The van der Waals surface area contributed by atoms with E-state index < -0.39 is 0 Å². The third kappa shape index (κ3) is 2.86. The van der Waals surface area contributed by atoms with Gasteiger partial charge < -0.3 is 5.32 Å². The number of hydrogen-bond donors (Lipinski definition) is 1. The molecule has 0 bridgehead atoms. The van der Waals surface area contributed by atoms with E-state index in [1.807, 2.05) is 0 Å². The van der Waals surface area contributed by atoms with Crippen LogP contribution in [0.5, 0.6) is 0 Å². The van der Waals surface area contributed by atoms with Gasteiger partial charge in [0.15, 0.2) is 0 Å². The molecule has 1 aromatic carbocycles. The minimum atomic E-state index is 0.876. The minimum Gasteiger partial charge on any atom is -0.380 e. The smallest absolute Gasteiger partial charge is 0.0505 e. The van der Waals surface area contributed by atoms with Crippen LogP contribution in [0.1, 0.15) is 16.0 Å². The quantitative estimate of drug-likeness (QED) is 0.862. The van der Waals surface area contributed by atoms with Gasteiger partial charge in [0, 0.05) is 15.0 Å². The fraction of sp³-hybridized carbons (Fsp3) is 0.231. The maximum Gasteiger partial charge on any atom is 0.0505 e. The third-order valence-corrected chi connectivity index (χ3v) is 4.29. The predicted molar refractivity (Wildman–Crippen MR) is 75.3 cm³/mol. The van der Waals surface area contributed by atoms with E-state index in [2.05, 4.69) is 64.7 Å². The Morgan fingerprint density at radius 3 is 2.44 bits per heavy atom. The van der Waals surface area contributed by atoms with Gasteiger partial charge >= 0.3 is 0 Å². The number of rotatable bonds is 3. The molecule has 1 aromatic heterocycles. The van der Waals surface area contributed by atoms with Gasteiger partial charge in [0.1, 0.15) is 0 Å². The number of benzene rings is 1. The molecule has 0 amide bonds. The van der Waals surface area contributed by atoms with Crippen molar-refractivity contribution in [3.63, 3.8) is 0 Å². The third-order valence-electron chi connectivity index (χ3n) is 2.37. The normalized spacial score (nSPS) is 10.4. The molecule has 0 fully saturated rings. The molecule has 0 radical (unpaired) electrons. The molecule has 1 heterocycles. The lowest BCUT2D eigenvalue weighted by Gasteiger charge is -2.07. The molecule has 0 saturated carbocycles. The zero-order valence-corrected chi connectivity index (χ0v) is 11.8. The molecule has 0 aliphatic rings. The van der Waals surface area contributed by atoms with Gasteiger partial charge in [0.25, 0.3) is 0 Å². The molecular weight excluding hydrogens is 282 g/mol. The van der Waals surface area contributed by atoms with Crippen LogP contribution in [0.25, 0.3) is 0 Å². The van der Waals surface area contributed by atoms with E-state index in [1.54, 1.807) is 11.3 Å². The van der Waals surface area contributed by atoms with Crippen molar-refractivity contribution in [2.45, 2.75) is 20.4 Å². The monoisotopic (exact) mass is 295 g/mol. The van der Waals surface area contributed by atoms with E-state index >= 15 is 0 Å². The molecule has 0 saturated heterocycles. The summed E-state index contributed by atoms with van der Waals surface area (Å²) >= 11 is 5.31. The first-order chi connectivity index (χ1) is 7.65. The number of thiophene rings is 1. The standard InChI is InChI=1S/C13H14BrNS/c1-9-5-10(2)7-11(6-9)15-8-13-12(14)3-4-16-13/h3-7,15H,8H2,1-2H3. The van der Waals surface area contributed by atoms with Gasteiger partial charge in [-0.05, 0) is 64.5 Å². The first kappa shape index (κ1) is 11.7. The van der Waals surface area contributed by atoms with Crippen LogP contribution in [0.2, 0.25) is 0 Å². The lowest BCUT2D eigenvalue weighted by Crippen LogP contribution is -1.98. The molecule has 0 aliphatic heterocycles. The van der Waals surface area contributed by atoms with Crippen LogP contribution in [0.3, 0.4) is 0 Å². The summed E-state index contributed by atoms with van der Waals surface area (Å²) < 4.78 is 1.19. The average molecular weight is 296 g/mol. The number of aryl methyl sites for hydroxylation is 2. The van der Waals surface area contributed by atoms with Gasteiger partial charge in [-0.1, -0.05) is 6.07 Å². The Morgan fingerprint density at radius 2 is 1.88 bits per heavy atom. The van der Waals surface area contributed by atoms with Crippen molar-refractivity contribution >= 4 is 33.0 Å². The van der Waals surface area contributed by atoms with Gasteiger partial charge in [0.05, 0.1) is 6.54 Å². The molecule has 2 aromatic rings. The van der Waals surface area contributed by atoms with Crippen LogP contribution in [-0.2, 0) is 6.54 Å². The van der Waals surface area contributed by atoms with Crippen molar-refractivity contribution in [2.75, 3.05) is 5.32 Å². The second kappa shape index (κ2) is 5.02. The summed E-state index contributed by atoms with van der Waals surface area (Å²) in [5.74, 6) is 0. The zero-order valence-electron chi connectivity index (χ0n) is 9.38. The number of hydrogen-bond acceptors (Lipinski definition) is 2. The average Bonchev–Trinajstić information content (AvgIpc) is 2.59. The highest BCUT2D eigenvalue weighted by Crippen LogP contribution is 2.24. The Morgan fingerprint density at radius 1 is 1.19 bits per heavy atom. The molecule has 0 unspecified atom stereocenters. The topological polar surface area (TPSA) is 12.0 Å². The minimum absolute atomic E-state index is 0.876. The first-order valence-corrected chi connectivity index (χ1v) is 6.86. The first-order valence-electron chi connectivity index (χ1n) is 5.19. The Labute approximate surface area is 109 Å². The molecule has 0 aliphatic carbocycles. The highest BCUT2D eigenvalue weighted by atomic mass is 79.9. The summed E-state index contributed by atoms with van der Waals surface area (Å²) in [6.45, 7) is 5.12. The maximum absolute atomic E-state index is 3.54. The zero-order chi connectivity index (χ0) is 11.5. The summed E-state index contributed by atoms with van der Waals surface area (Å²) in [7, 11) is 0. The van der Waals surface area contributed by atoms with E-state index in [9.17, 15) is 0 Å². The highest BCUT2D eigenvalue weighted by molar-refractivity contribution is 9.10. The SMILES string of the molecule is Cc1cc(C)cc(NCc2sccc2Br)c1. The Hall–Kier alpha value is -0.800. The Bertz CT molecular complexity index is 470. The van der Waals surface area contributed by atoms with Gasteiger partial charge in [-0.2, -0.15) is 0 Å². The van der Waals surface area contributed by atoms with Crippen LogP contribution in [-0.4, -0.2) is 0 Å². The molecule has 16 heavy (non-hydrogen) atoms. The highest BCUT2D eigenvalue weighted by Gasteiger charge is 2.01. The van der Waals surface area contributed by atoms with Crippen molar-refractivity contribution in [3.05, 3.63) is 50.1 Å². The number of anilines is 1. The Balaban J connectivity index is 2.07. The molecule has 1 nitrogen and oxygen atoms in total. The lowest BCUT2D eigenvalue weighted by atomic mass is 10.1. The van der Waals surface area contributed by atoms with Gasteiger partial charge in [-0.3, -0.25) is 0 Å². The maximum atomic E-state index is 3.54. The summed E-state index contributed by atoms with van der Waals surface area (Å²) in [4.78, 5) is 1.33. The number of halogens is 1. The largest absolute Gasteiger partial charge is 0.380 e. The second-order valence-corrected chi connectivity index (χ2v) is 5.78. The molecule has 1 N–H and O–H groups in total. The van der Waals surface area contributed by atoms with Crippen LogP contribution in [0.15, 0.2) is 34.1 Å². The predicted octanol–water partition coefficient (Wildman–Crippen LogP) is 4.74. The molecule has 0 atom stereocenters. The van der Waals surface area contributed by atoms with Crippen molar-refractivity contribution in [2.24, 2.45) is 0 Å². The van der Waals surface area contributed by atoms with Crippen molar-refractivity contribution in [1.29, 1.82) is 0 Å². The van der Waals surface area contributed by atoms with Crippen molar-refractivity contribution < 1.29 is 0 Å². The fourth-order valence-electron chi connectivity index (χ4n) is 1.71. The van der Waals surface area contributed by atoms with Crippen LogP contribution in [0, 0.1) is 13.8 Å². The van der Waals surface area contributed by atoms with Crippen molar-refractivity contribution in [1.82, 2.24) is 0 Å². The van der Waals surface area contributed by atoms with E-state index in [4.69, 9.17) is 0 Å². The lowest BCUT2D eigenvalue weighted by molar-refractivity contribution is 1.17. The van der Waals surface area contributed by atoms with Crippen LogP contribution >= 0.6 is 27.3 Å². The van der Waals surface area contributed by atoms with E-state index in [0.29, 0.717) is 0 Å². The van der Waals surface area contributed by atoms with Crippen molar-refractivity contribution in [3.8, 4) is 0 Å².